The van der Waals surface area contributed by atoms with E-state index in [9.17, 15) is 4.79 Å². The van der Waals surface area contributed by atoms with Gasteiger partial charge in [0.25, 0.3) is 0 Å². The van der Waals surface area contributed by atoms with Crippen LogP contribution < -0.4 is 5.32 Å². The number of carbonyl (C=O) groups is 1. The average molecular weight is 354 g/mol. The van der Waals surface area contributed by atoms with Crippen LogP contribution in [0.2, 0.25) is 10.3 Å². The van der Waals surface area contributed by atoms with E-state index >= 15 is 0 Å². The monoisotopic (exact) mass is 353 g/mol. The normalized spacial score (nSPS) is 10.7. The summed E-state index contributed by atoms with van der Waals surface area (Å²) in [6, 6.07) is 6.69. The van der Waals surface area contributed by atoms with Crippen molar-refractivity contribution in [3.8, 4) is 0 Å². The molecule has 2 aromatic heterocycles. The number of hydrogen-bond acceptors (Lipinski definition) is 6. The molecule has 0 saturated heterocycles. The molecule has 1 N–H and O–H groups in total. The average Bonchev–Trinajstić information content (AvgIpc) is 2.97. The second kappa shape index (κ2) is 6.08. The predicted molar refractivity (Wildman–Crippen MR) is 88.5 cm³/mol. The number of halogens is 2. The molecule has 5 nitrogen and oxygen atoms in total. The number of esters is 1. The van der Waals surface area contributed by atoms with Crippen molar-refractivity contribution in [2.75, 3.05) is 12.4 Å². The number of ether oxygens (including phenoxy) is 1. The van der Waals surface area contributed by atoms with Crippen LogP contribution in [0.5, 0.6) is 0 Å². The first kappa shape index (κ1) is 15.0. The van der Waals surface area contributed by atoms with Gasteiger partial charge in [-0.05, 0) is 41.2 Å². The van der Waals surface area contributed by atoms with E-state index in [1.165, 1.54) is 18.4 Å². The van der Waals surface area contributed by atoms with Crippen LogP contribution in [0, 0.1) is 0 Å². The van der Waals surface area contributed by atoms with Crippen LogP contribution >= 0.6 is 34.5 Å². The largest absolute Gasteiger partial charge is 0.465 e. The molecule has 3 aromatic rings. The maximum absolute atomic E-state index is 11.6. The van der Waals surface area contributed by atoms with E-state index in [4.69, 9.17) is 27.9 Å². The fraction of sp³-hybridized carbons (Fsp3) is 0.0714. The number of nitrogens with one attached hydrogen (secondary N) is 1. The van der Waals surface area contributed by atoms with E-state index in [1.54, 1.807) is 18.2 Å². The number of rotatable bonds is 3. The van der Waals surface area contributed by atoms with E-state index in [0.717, 1.165) is 10.2 Å². The third-order valence-corrected chi connectivity index (χ3v) is 4.24. The van der Waals surface area contributed by atoms with Gasteiger partial charge in [-0.25, -0.2) is 9.78 Å². The van der Waals surface area contributed by atoms with Crippen molar-refractivity contribution in [3.63, 3.8) is 0 Å². The highest BCUT2D eigenvalue weighted by atomic mass is 35.5. The van der Waals surface area contributed by atoms with Crippen molar-refractivity contribution in [2.24, 2.45) is 0 Å². The lowest BCUT2D eigenvalue weighted by Crippen LogP contribution is -2.03. The minimum atomic E-state index is -0.443. The van der Waals surface area contributed by atoms with Gasteiger partial charge in [0, 0.05) is 0 Å². The molecule has 0 radical (unpaired) electrons. The molecule has 0 fully saturated rings. The van der Waals surface area contributed by atoms with Crippen molar-refractivity contribution in [3.05, 3.63) is 45.5 Å². The molecule has 1 aromatic carbocycles. The van der Waals surface area contributed by atoms with Crippen molar-refractivity contribution < 1.29 is 9.53 Å². The van der Waals surface area contributed by atoms with Gasteiger partial charge >= 0.3 is 5.97 Å². The molecular formula is C14H9Cl2N3O2S. The highest BCUT2D eigenvalue weighted by molar-refractivity contribution is 7.16. The minimum absolute atomic E-state index is 0.137. The molecule has 3 rings (SSSR count). The van der Waals surface area contributed by atoms with Gasteiger partial charge in [0.1, 0.15) is 10.6 Å². The van der Waals surface area contributed by atoms with Crippen LogP contribution in [0.3, 0.4) is 0 Å². The Kier molecular flexibility index (Phi) is 4.15. The number of aromatic nitrogens is 2. The fourth-order valence-electron chi connectivity index (χ4n) is 1.92. The number of anilines is 2. The topological polar surface area (TPSA) is 64.1 Å². The molecule has 0 aliphatic heterocycles. The van der Waals surface area contributed by atoms with E-state index in [0.29, 0.717) is 22.1 Å². The molecular weight excluding hydrogens is 345 g/mol. The second-order valence-electron chi connectivity index (χ2n) is 4.29. The van der Waals surface area contributed by atoms with E-state index < -0.39 is 5.97 Å². The molecule has 8 heteroatoms. The summed E-state index contributed by atoms with van der Waals surface area (Å²) in [6.45, 7) is 0. The van der Waals surface area contributed by atoms with Gasteiger partial charge in [-0.3, -0.25) is 0 Å². The number of thiophene rings is 1. The molecule has 22 heavy (non-hydrogen) atoms. The zero-order valence-electron chi connectivity index (χ0n) is 11.3. The van der Waals surface area contributed by atoms with Crippen LogP contribution in [-0.2, 0) is 4.74 Å². The van der Waals surface area contributed by atoms with Crippen molar-refractivity contribution in [1.82, 2.24) is 9.97 Å². The summed E-state index contributed by atoms with van der Waals surface area (Å²) in [4.78, 5) is 20.7. The molecule has 0 spiro atoms. The number of benzene rings is 1. The minimum Gasteiger partial charge on any atom is -0.465 e. The highest BCUT2D eigenvalue weighted by Crippen LogP contribution is 2.31. The molecule has 0 aliphatic carbocycles. The number of methoxy groups -OCH3 is 1. The summed E-state index contributed by atoms with van der Waals surface area (Å²) in [5, 5.41) is 6.40. The molecule has 112 valence electrons. The van der Waals surface area contributed by atoms with Gasteiger partial charge in [0.15, 0.2) is 0 Å². The van der Waals surface area contributed by atoms with Crippen LogP contribution in [0.15, 0.2) is 29.6 Å². The number of hydrogen-bond donors (Lipinski definition) is 1. The zero-order valence-corrected chi connectivity index (χ0v) is 13.6. The van der Waals surface area contributed by atoms with Gasteiger partial charge in [0.05, 0.1) is 28.8 Å². The highest BCUT2D eigenvalue weighted by Gasteiger charge is 2.12. The summed E-state index contributed by atoms with van der Waals surface area (Å²) >= 11 is 13.6. The van der Waals surface area contributed by atoms with Gasteiger partial charge in [0.2, 0.25) is 5.28 Å². The summed E-state index contributed by atoms with van der Waals surface area (Å²) in [6.07, 6.45) is 0. The van der Waals surface area contributed by atoms with Crippen molar-refractivity contribution in [1.29, 1.82) is 0 Å². The molecule has 0 atom stereocenters. The standard InChI is InChI=1S/C14H9Cl2N3O2S/c1-21-13(20)7-2-3-9(15)10(6-7)17-11-8-4-5-22-12(8)19-14(16)18-11/h2-6H,1H3,(H,17,18,19). The molecule has 0 saturated carbocycles. The lowest BCUT2D eigenvalue weighted by molar-refractivity contribution is 0.0601. The molecule has 0 aliphatic rings. The van der Waals surface area contributed by atoms with Crippen LogP contribution in [0.1, 0.15) is 10.4 Å². The quantitative estimate of drug-likeness (QED) is 0.553. The predicted octanol–water partition coefficient (Wildman–Crippen LogP) is 4.53. The van der Waals surface area contributed by atoms with Crippen molar-refractivity contribution >= 4 is 62.2 Å². The third-order valence-electron chi connectivity index (χ3n) is 2.94. The lowest BCUT2D eigenvalue weighted by atomic mass is 10.2. The Morgan fingerprint density at radius 1 is 1.27 bits per heavy atom. The van der Waals surface area contributed by atoms with E-state index in [-0.39, 0.29) is 5.28 Å². The summed E-state index contributed by atoms with van der Waals surface area (Å²) < 4.78 is 4.70. The van der Waals surface area contributed by atoms with Gasteiger partial charge in [-0.1, -0.05) is 11.6 Å². The Balaban J connectivity index is 2.04. The van der Waals surface area contributed by atoms with E-state index in [1.807, 2.05) is 11.4 Å². The number of nitrogens with zero attached hydrogens (tertiary/aromatic N) is 2. The zero-order chi connectivity index (χ0) is 15.7. The maximum Gasteiger partial charge on any atom is 0.337 e. The fourth-order valence-corrected chi connectivity index (χ4v) is 3.07. The van der Waals surface area contributed by atoms with Crippen LogP contribution in [0.4, 0.5) is 11.5 Å². The van der Waals surface area contributed by atoms with Crippen LogP contribution in [-0.4, -0.2) is 23.0 Å². The number of carbonyl (C=O) groups excluding carboxylic acids is 1. The second-order valence-corrected chi connectivity index (χ2v) is 5.93. The Hall–Kier alpha value is -1.89. The smallest absolute Gasteiger partial charge is 0.337 e. The van der Waals surface area contributed by atoms with Crippen molar-refractivity contribution in [2.45, 2.75) is 0 Å². The molecule has 0 bridgehead atoms. The first-order valence-corrected chi connectivity index (χ1v) is 7.77. The Labute approximate surface area is 139 Å². The summed E-state index contributed by atoms with van der Waals surface area (Å²) in [7, 11) is 1.32. The Morgan fingerprint density at radius 2 is 2.09 bits per heavy atom. The number of fused-ring (bicyclic) bond motifs is 1. The Bertz CT molecular complexity index is 866. The van der Waals surface area contributed by atoms with Gasteiger partial charge in [-0.15, -0.1) is 11.3 Å². The summed E-state index contributed by atoms with van der Waals surface area (Å²) in [5.41, 5.74) is 0.919. The molecule has 0 amide bonds. The molecule has 0 unspecified atom stereocenters. The van der Waals surface area contributed by atoms with E-state index in [2.05, 4.69) is 15.3 Å². The first-order chi connectivity index (χ1) is 10.6. The lowest BCUT2D eigenvalue weighted by Gasteiger charge is -2.10. The van der Waals surface area contributed by atoms with Gasteiger partial charge in [-0.2, -0.15) is 4.98 Å². The first-order valence-electron chi connectivity index (χ1n) is 6.14. The maximum atomic E-state index is 11.6. The third kappa shape index (κ3) is 2.85. The Morgan fingerprint density at radius 3 is 2.86 bits per heavy atom. The SMILES string of the molecule is COC(=O)c1ccc(Cl)c(Nc2nc(Cl)nc3sccc23)c1. The molecule has 2 heterocycles. The summed E-state index contributed by atoms with van der Waals surface area (Å²) in [5.74, 6) is 0.0845. The van der Waals surface area contributed by atoms with Gasteiger partial charge < -0.3 is 10.1 Å². The van der Waals surface area contributed by atoms with Crippen LogP contribution in [0.25, 0.3) is 10.2 Å².